The van der Waals surface area contributed by atoms with Gasteiger partial charge in [-0.25, -0.2) is 0 Å². The molecule has 0 radical (unpaired) electrons. The lowest BCUT2D eigenvalue weighted by Crippen LogP contribution is -2.43. The van der Waals surface area contributed by atoms with Crippen molar-refractivity contribution >= 4 is 29.1 Å². The molecule has 1 aliphatic heterocycles. The fourth-order valence-electron chi connectivity index (χ4n) is 2.81. The standard InChI is InChI=1S/C18H27ClN4O3/c1-18(2,3)14(24)10-23-6-4-11(5-7-23)9-21-16(25)12-8-13(19)15(20)22-17(12)26/h8,11H,4-7,9-10H2,1-3H3,(H,21,25)(H3,20,22,26). The molecule has 0 unspecified atom stereocenters. The molecule has 0 aromatic carbocycles. The molecule has 8 heteroatoms. The molecule has 0 aliphatic carbocycles. The number of hydrogen-bond acceptors (Lipinski definition) is 5. The van der Waals surface area contributed by atoms with Gasteiger partial charge in [-0.1, -0.05) is 32.4 Å². The fraction of sp³-hybridized carbons (Fsp3) is 0.611. The van der Waals surface area contributed by atoms with Gasteiger partial charge < -0.3 is 16.0 Å². The maximum atomic E-state index is 12.2. The van der Waals surface area contributed by atoms with Gasteiger partial charge in [-0.3, -0.25) is 19.3 Å². The first-order chi connectivity index (χ1) is 12.1. The fourth-order valence-corrected chi connectivity index (χ4v) is 2.97. The van der Waals surface area contributed by atoms with Gasteiger partial charge in [-0.2, -0.15) is 0 Å². The zero-order chi connectivity index (χ0) is 19.5. The van der Waals surface area contributed by atoms with Gasteiger partial charge in [-0.15, -0.1) is 0 Å². The zero-order valence-corrected chi connectivity index (χ0v) is 16.3. The summed E-state index contributed by atoms with van der Waals surface area (Å²) in [4.78, 5) is 40.7. The van der Waals surface area contributed by atoms with Crippen molar-refractivity contribution in [3.8, 4) is 0 Å². The number of halogens is 1. The molecule has 26 heavy (non-hydrogen) atoms. The number of ketones is 1. The Labute approximate surface area is 158 Å². The third-order valence-corrected chi connectivity index (χ3v) is 5.04. The normalized spacial score (nSPS) is 16.5. The van der Waals surface area contributed by atoms with Crippen LogP contribution in [0.5, 0.6) is 0 Å². The Kier molecular flexibility index (Phi) is 6.47. The van der Waals surface area contributed by atoms with Gasteiger partial charge in [0.15, 0.2) is 5.78 Å². The third-order valence-electron chi connectivity index (χ3n) is 4.73. The Morgan fingerprint density at radius 2 is 1.96 bits per heavy atom. The number of aromatic amines is 1. The first kappa shape index (κ1) is 20.5. The Morgan fingerprint density at radius 1 is 1.35 bits per heavy atom. The molecule has 0 atom stereocenters. The highest BCUT2D eigenvalue weighted by atomic mass is 35.5. The number of H-pyrrole nitrogens is 1. The quantitative estimate of drug-likeness (QED) is 0.717. The van der Waals surface area contributed by atoms with Crippen LogP contribution in [0.2, 0.25) is 5.02 Å². The van der Waals surface area contributed by atoms with E-state index in [1.54, 1.807) is 0 Å². The molecule has 1 aromatic rings. The number of nitrogens with two attached hydrogens (primary N) is 1. The predicted octanol–water partition coefficient (Wildman–Crippen LogP) is 1.67. The number of hydrogen-bond donors (Lipinski definition) is 3. The molecule has 1 saturated heterocycles. The summed E-state index contributed by atoms with van der Waals surface area (Å²) in [5.41, 5.74) is 4.59. The number of nitrogens with one attached hydrogen (secondary N) is 2. The molecular formula is C18H27ClN4O3. The summed E-state index contributed by atoms with van der Waals surface area (Å²) in [7, 11) is 0. The highest BCUT2D eigenvalue weighted by Gasteiger charge is 2.26. The van der Waals surface area contributed by atoms with E-state index in [0.717, 1.165) is 25.9 Å². The smallest absolute Gasteiger partial charge is 0.262 e. The molecular weight excluding hydrogens is 356 g/mol. The van der Waals surface area contributed by atoms with Gasteiger partial charge in [0, 0.05) is 12.0 Å². The van der Waals surface area contributed by atoms with E-state index in [4.69, 9.17) is 17.3 Å². The number of aromatic nitrogens is 1. The number of likely N-dealkylation sites (tertiary alicyclic amines) is 1. The van der Waals surface area contributed by atoms with Crippen molar-refractivity contribution in [2.24, 2.45) is 11.3 Å². The average molecular weight is 383 g/mol. The molecule has 0 spiro atoms. The molecule has 144 valence electrons. The first-order valence-electron chi connectivity index (χ1n) is 8.80. The first-order valence-corrected chi connectivity index (χ1v) is 9.18. The van der Waals surface area contributed by atoms with E-state index in [0.29, 0.717) is 19.0 Å². The van der Waals surface area contributed by atoms with Crippen molar-refractivity contribution in [3.05, 3.63) is 27.0 Å². The van der Waals surface area contributed by atoms with Gasteiger partial charge in [0.25, 0.3) is 11.5 Å². The predicted molar refractivity (Wildman–Crippen MR) is 102 cm³/mol. The van der Waals surface area contributed by atoms with E-state index in [9.17, 15) is 14.4 Å². The lowest BCUT2D eigenvalue weighted by Gasteiger charge is -2.33. The second kappa shape index (κ2) is 8.22. The third kappa shape index (κ3) is 5.32. The monoisotopic (exact) mass is 382 g/mol. The van der Waals surface area contributed by atoms with E-state index in [1.807, 2.05) is 20.8 Å². The second-order valence-electron chi connectivity index (χ2n) is 7.88. The number of pyridine rings is 1. The van der Waals surface area contributed by atoms with E-state index in [-0.39, 0.29) is 27.6 Å². The van der Waals surface area contributed by atoms with E-state index in [2.05, 4.69) is 15.2 Å². The molecule has 2 rings (SSSR count). The van der Waals surface area contributed by atoms with Crippen LogP contribution in [0, 0.1) is 11.3 Å². The minimum atomic E-state index is -0.556. The van der Waals surface area contributed by atoms with Crippen LogP contribution in [0.4, 0.5) is 5.82 Å². The number of amides is 1. The van der Waals surface area contributed by atoms with Crippen molar-refractivity contribution in [2.75, 3.05) is 31.9 Å². The molecule has 1 fully saturated rings. The Balaban J connectivity index is 1.82. The van der Waals surface area contributed by atoms with Gasteiger partial charge in [-0.05, 0) is 37.9 Å². The van der Waals surface area contributed by atoms with Crippen LogP contribution in [0.25, 0.3) is 0 Å². The van der Waals surface area contributed by atoms with Crippen LogP contribution in [0.3, 0.4) is 0 Å². The van der Waals surface area contributed by atoms with Gasteiger partial charge in [0.05, 0.1) is 11.6 Å². The highest BCUT2D eigenvalue weighted by molar-refractivity contribution is 6.33. The number of nitrogens with zero attached hydrogens (tertiary/aromatic N) is 1. The number of piperidine rings is 1. The van der Waals surface area contributed by atoms with Crippen molar-refractivity contribution in [2.45, 2.75) is 33.6 Å². The van der Waals surface area contributed by atoms with E-state index < -0.39 is 11.5 Å². The number of carbonyl (C=O) groups excluding carboxylic acids is 2. The zero-order valence-electron chi connectivity index (χ0n) is 15.5. The molecule has 1 aliphatic rings. The molecule has 0 bridgehead atoms. The van der Waals surface area contributed by atoms with E-state index >= 15 is 0 Å². The van der Waals surface area contributed by atoms with Crippen molar-refractivity contribution < 1.29 is 9.59 Å². The minimum Gasteiger partial charge on any atom is -0.384 e. The molecule has 4 N–H and O–H groups in total. The van der Waals surface area contributed by atoms with Crippen molar-refractivity contribution in [3.63, 3.8) is 0 Å². The maximum absolute atomic E-state index is 12.2. The number of anilines is 1. The van der Waals surface area contributed by atoms with Crippen LogP contribution >= 0.6 is 11.6 Å². The van der Waals surface area contributed by atoms with Crippen LogP contribution in [0.15, 0.2) is 10.9 Å². The highest BCUT2D eigenvalue weighted by Crippen LogP contribution is 2.20. The van der Waals surface area contributed by atoms with Crippen molar-refractivity contribution in [1.82, 2.24) is 15.2 Å². The van der Waals surface area contributed by atoms with Gasteiger partial charge in [0.2, 0.25) is 0 Å². The summed E-state index contributed by atoms with van der Waals surface area (Å²) < 4.78 is 0. The summed E-state index contributed by atoms with van der Waals surface area (Å²) >= 11 is 5.86. The number of rotatable bonds is 5. The molecule has 2 heterocycles. The summed E-state index contributed by atoms with van der Waals surface area (Å²) in [6.45, 7) is 8.42. The lowest BCUT2D eigenvalue weighted by molar-refractivity contribution is -0.127. The topological polar surface area (TPSA) is 108 Å². The number of nitrogen functional groups attached to an aromatic ring is 1. The van der Waals surface area contributed by atoms with Crippen LogP contribution < -0.4 is 16.6 Å². The minimum absolute atomic E-state index is 0.0441. The number of carbonyl (C=O) groups is 2. The Hall–Kier alpha value is -1.86. The lowest BCUT2D eigenvalue weighted by atomic mass is 9.89. The molecule has 7 nitrogen and oxygen atoms in total. The summed E-state index contributed by atoms with van der Waals surface area (Å²) in [5, 5.41) is 2.94. The largest absolute Gasteiger partial charge is 0.384 e. The van der Waals surface area contributed by atoms with Crippen molar-refractivity contribution in [1.29, 1.82) is 0 Å². The summed E-state index contributed by atoms with van der Waals surface area (Å²) in [6, 6.07) is 1.28. The summed E-state index contributed by atoms with van der Waals surface area (Å²) in [5.74, 6) is 0.149. The Morgan fingerprint density at radius 3 is 2.54 bits per heavy atom. The molecule has 1 amide bonds. The number of Topliss-reactive ketones (excluding diaryl/α,β-unsaturated/α-hetero) is 1. The Bertz CT molecular complexity index is 731. The van der Waals surface area contributed by atoms with Crippen LogP contribution in [0.1, 0.15) is 44.0 Å². The molecule has 1 aromatic heterocycles. The second-order valence-corrected chi connectivity index (χ2v) is 8.28. The maximum Gasteiger partial charge on any atom is 0.262 e. The van der Waals surface area contributed by atoms with Gasteiger partial charge in [0.1, 0.15) is 11.4 Å². The summed E-state index contributed by atoms with van der Waals surface area (Å²) in [6.07, 6.45) is 1.80. The average Bonchev–Trinajstić information content (AvgIpc) is 2.56. The SMILES string of the molecule is CC(C)(C)C(=O)CN1CCC(CNC(=O)c2cc(Cl)c(N)[nH]c2=O)CC1. The van der Waals surface area contributed by atoms with Gasteiger partial charge >= 0.3 is 0 Å². The van der Waals surface area contributed by atoms with Crippen LogP contribution in [-0.4, -0.2) is 47.8 Å². The van der Waals surface area contributed by atoms with Crippen LogP contribution in [-0.2, 0) is 4.79 Å². The molecule has 0 saturated carbocycles. The van der Waals surface area contributed by atoms with E-state index in [1.165, 1.54) is 6.07 Å².